The van der Waals surface area contributed by atoms with Crippen molar-refractivity contribution in [3.8, 4) is 0 Å². The lowest BCUT2D eigenvalue weighted by atomic mass is 9.95. The lowest BCUT2D eigenvalue weighted by molar-refractivity contribution is 0.307. The SMILES string of the molecule is CCNC(=NCC1(NC(C)c2ccccc2)CCCC1)NC1CCc2ncnn2C1.I. The zero-order valence-corrected chi connectivity index (χ0v) is 21.0. The quantitative estimate of drug-likeness (QED) is 0.287. The number of aryl methyl sites for hydroxylation is 1. The van der Waals surface area contributed by atoms with E-state index in [9.17, 15) is 0 Å². The number of aromatic nitrogens is 3. The van der Waals surface area contributed by atoms with Crippen molar-refractivity contribution in [3.05, 3.63) is 48.0 Å². The number of aliphatic imine (C=N–C) groups is 1. The van der Waals surface area contributed by atoms with Crippen molar-refractivity contribution in [2.24, 2.45) is 4.99 Å². The third-order valence-electron chi connectivity index (χ3n) is 6.41. The van der Waals surface area contributed by atoms with E-state index in [0.717, 1.165) is 44.3 Å². The van der Waals surface area contributed by atoms with Crippen LogP contribution in [0.25, 0.3) is 0 Å². The van der Waals surface area contributed by atoms with Gasteiger partial charge in [0.2, 0.25) is 0 Å². The van der Waals surface area contributed by atoms with E-state index in [-0.39, 0.29) is 29.5 Å². The van der Waals surface area contributed by atoms with E-state index in [1.165, 1.54) is 31.2 Å². The average molecular weight is 537 g/mol. The Balaban J connectivity index is 0.00000272. The van der Waals surface area contributed by atoms with E-state index < -0.39 is 0 Å². The first-order valence-corrected chi connectivity index (χ1v) is 11.4. The van der Waals surface area contributed by atoms with Gasteiger partial charge in [-0.05, 0) is 38.7 Å². The maximum atomic E-state index is 5.04. The Morgan fingerprint density at radius 1 is 1.26 bits per heavy atom. The molecule has 0 bridgehead atoms. The molecule has 2 aromatic rings. The summed E-state index contributed by atoms with van der Waals surface area (Å²) in [4.78, 5) is 9.37. The van der Waals surface area contributed by atoms with Crippen LogP contribution in [0.2, 0.25) is 0 Å². The molecule has 7 nitrogen and oxygen atoms in total. The standard InChI is InChI=1S/C23H35N7.HI/c1-3-24-22(28-20-11-12-21-26-17-27-30(21)15-20)25-16-23(13-7-8-14-23)29-18(2)19-9-5-4-6-10-19;/h4-6,9-10,17-18,20,29H,3,7-8,11-16H2,1-2H3,(H2,24,25,28);1H. The van der Waals surface area contributed by atoms with Gasteiger partial charge in [0.25, 0.3) is 0 Å². The highest BCUT2D eigenvalue weighted by Gasteiger charge is 2.35. The van der Waals surface area contributed by atoms with Crippen LogP contribution >= 0.6 is 24.0 Å². The zero-order chi connectivity index (χ0) is 20.8. The smallest absolute Gasteiger partial charge is 0.191 e. The summed E-state index contributed by atoms with van der Waals surface area (Å²) in [6, 6.07) is 11.4. The van der Waals surface area contributed by atoms with Crippen LogP contribution < -0.4 is 16.0 Å². The molecule has 2 aliphatic rings. The largest absolute Gasteiger partial charge is 0.357 e. The van der Waals surface area contributed by atoms with Gasteiger partial charge in [0, 0.05) is 30.6 Å². The van der Waals surface area contributed by atoms with Gasteiger partial charge in [0.05, 0.1) is 13.1 Å². The summed E-state index contributed by atoms with van der Waals surface area (Å²) >= 11 is 0. The predicted molar refractivity (Wildman–Crippen MR) is 136 cm³/mol. The monoisotopic (exact) mass is 537 g/mol. The molecule has 1 saturated carbocycles. The number of hydrogen-bond acceptors (Lipinski definition) is 4. The molecular formula is C23H36IN7. The number of nitrogens with zero attached hydrogens (tertiary/aromatic N) is 4. The number of halogens is 1. The van der Waals surface area contributed by atoms with Crippen LogP contribution in [0.4, 0.5) is 0 Å². The van der Waals surface area contributed by atoms with Gasteiger partial charge in [0.1, 0.15) is 12.2 Å². The second-order valence-corrected chi connectivity index (χ2v) is 8.70. The molecule has 4 rings (SSSR count). The molecule has 2 atom stereocenters. The van der Waals surface area contributed by atoms with E-state index in [1.807, 2.05) is 4.68 Å². The molecular weight excluding hydrogens is 501 g/mol. The molecule has 1 aliphatic heterocycles. The average Bonchev–Trinajstić information content (AvgIpc) is 3.42. The fraction of sp³-hybridized carbons (Fsp3) is 0.609. The molecule has 0 amide bonds. The number of hydrogen-bond donors (Lipinski definition) is 3. The number of benzene rings is 1. The maximum absolute atomic E-state index is 5.04. The first kappa shape index (κ1) is 24.0. The Hall–Kier alpha value is -1.68. The minimum Gasteiger partial charge on any atom is -0.357 e. The van der Waals surface area contributed by atoms with Gasteiger partial charge in [-0.2, -0.15) is 5.10 Å². The van der Waals surface area contributed by atoms with Crippen molar-refractivity contribution in [2.45, 2.75) is 76.5 Å². The van der Waals surface area contributed by atoms with Crippen molar-refractivity contribution < 1.29 is 0 Å². The van der Waals surface area contributed by atoms with Gasteiger partial charge >= 0.3 is 0 Å². The lowest BCUT2D eigenvalue weighted by Gasteiger charge is -2.33. The molecule has 0 radical (unpaired) electrons. The number of fused-ring (bicyclic) bond motifs is 1. The molecule has 1 aromatic carbocycles. The fourth-order valence-electron chi connectivity index (χ4n) is 4.78. The van der Waals surface area contributed by atoms with E-state index in [2.05, 4.69) is 70.2 Å². The maximum Gasteiger partial charge on any atom is 0.191 e. The summed E-state index contributed by atoms with van der Waals surface area (Å²) in [5, 5.41) is 15.3. The van der Waals surface area contributed by atoms with E-state index in [1.54, 1.807) is 6.33 Å². The minimum absolute atomic E-state index is 0. The zero-order valence-electron chi connectivity index (χ0n) is 18.7. The molecule has 2 unspecified atom stereocenters. The molecule has 170 valence electrons. The summed E-state index contributed by atoms with van der Waals surface area (Å²) in [5.41, 5.74) is 1.41. The number of guanidine groups is 1. The van der Waals surface area contributed by atoms with Crippen molar-refractivity contribution >= 4 is 29.9 Å². The van der Waals surface area contributed by atoms with Gasteiger partial charge in [-0.15, -0.1) is 24.0 Å². The van der Waals surface area contributed by atoms with Crippen molar-refractivity contribution in [1.82, 2.24) is 30.7 Å². The highest BCUT2D eigenvalue weighted by molar-refractivity contribution is 14.0. The van der Waals surface area contributed by atoms with Crippen LogP contribution in [-0.2, 0) is 13.0 Å². The molecule has 31 heavy (non-hydrogen) atoms. The molecule has 2 heterocycles. The molecule has 1 fully saturated rings. The Kier molecular flexibility index (Phi) is 8.71. The topological polar surface area (TPSA) is 79.2 Å². The van der Waals surface area contributed by atoms with Gasteiger partial charge in [0.15, 0.2) is 5.96 Å². The van der Waals surface area contributed by atoms with Crippen LogP contribution in [-0.4, -0.2) is 45.4 Å². The third kappa shape index (κ3) is 6.19. The van der Waals surface area contributed by atoms with Gasteiger partial charge < -0.3 is 16.0 Å². The molecule has 3 N–H and O–H groups in total. The van der Waals surface area contributed by atoms with Crippen LogP contribution in [0, 0.1) is 0 Å². The van der Waals surface area contributed by atoms with Crippen molar-refractivity contribution in [2.75, 3.05) is 13.1 Å². The van der Waals surface area contributed by atoms with Gasteiger partial charge in [-0.1, -0.05) is 43.2 Å². The number of rotatable bonds is 7. The predicted octanol–water partition coefficient (Wildman–Crippen LogP) is 3.43. The summed E-state index contributed by atoms with van der Waals surface area (Å²) < 4.78 is 2.01. The minimum atomic E-state index is 0. The summed E-state index contributed by atoms with van der Waals surface area (Å²) in [6.45, 7) is 6.87. The normalized spacial score (nSPS) is 21.1. The Bertz CT molecular complexity index is 829. The van der Waals surface area contributed by atoms with Crippen LogP contribution in [0.5, 0.6) is 0 Å². The van der Waals surface area contributed by atoms with Gasteiger partial charge in [-0.25, -0.2) is 9.67 Å². The van der Waals surface area contributed by atoms with E-state index in [4.69, 9.17) is 4.99 Å². The first-order valence-electron chi connectivity index (χ1n) is 11.4. The number of nitrogens with one attached hydrogen (secondary N) is 3. The highest BCUT2D eigenvalue weighted by atomic mass is 127. The molecule has 1 aromatic heterocycles. The molecule has 1 aliphatic carbocycles. The molecule has 0 saturated heterocycles. The molecule has 8 heteroatoms. The first-order chi connectivity index (χ1) is 14.7. The van der Waals surface area contributed by atoms with Crippen molar-refractivity contribution in [1.29, 1.82) is 0 Å². The Morgan fingerprint density at radius 2 is 2.03 bits per heavy atom. The van der Waals surface area contributed by atoms with Crippen LogP contribution in [0.1, 0.15) is 63.4 Å². The second-order valence-electron chi connectivity index (χ2n) is 8.70. The Labute approximate surface area is 202 Å². The van der Waals surface area contributed by atoms with E-state index >= 15 is 0 Å². The second kappa shape index (κ2) is 11.3. The molecule has 0 spiro atoms. The highest BCUT2D eigenvalue weighted by Crippen LogP contribution is 2.32. The van der Waals surface area contributed by atoms with Crippen molar-refractivity contribution in [3.63, 3.8) is 0 Å². The van der Waals surface area contributed by atoms with Crippen LogP contribution in [0.3, 0.4) is 0 Å². The Morgan fingerprint density at radius 3 is 2.77 bits per heavy atom. The van der Waals surface area contributed by atoms with Crippen LogP contribution in [0.15, 0.2) is 41.7 Å². The van der Waals surface area contributed by atoms with Gasteiger partial charge in [-0.3, -0.25) is 4.99 Å². The summed E-state index contributed by atoms with van der Waals surface area (Å²) in [5.74, 6) is 1.99. The summed E-state index contributed by atoms with van der Waals surface area (Å²) in [7, 11) is 0. The lowest BCUT2D eigenvalue weighted by Crippen LogP contribution is -2.50. The summed E-state index contributed by atoms with van der Waals surface area (Å²) in [6.07, 6.45) is 8.56. The van der Waals surface area contributed by atoms with E-state index in [0.29, 0.717) is 12.1 Å². The third-order valence-corrected chi connectivity index (χ3v) is 6.41. The fourth-order valence-corrected chi connectivity index (χ4v) is 4.78.